The van der Waals surface area contributed by atoms with Gasteiger partial charge >= 0.3 is 0 Å². The van der Waals surface area contributed by atoms with Crippen molar-refractivity contribution in [1.29, 1.82) is 0 Å². The van der Waals surface area contributed by atoms with Crippen molar-refractivity contribution in [3.8, 4) is 16.9 Å². The van der Waals surface area contributed by atoms with E-state index in [1.54, 1.807) is 0 Å². The lowest BCUT2D eigenvalue weighted by atomic mass is 10.0. The highest BCUT2D eigenvalue weighted by atomic mass is 16.5. The second-order valence-electron chi connectivity index (χ2n) is 5.01. The zero-order valence-electron chi connectivity index (χ0n) is 13.0. The van der Waals surface area contributed by atoms with Gasteiger partial charge in [0.1, 0.15) is 5.75 Å². The van der Waals surface area contributed by atoms with Gasteiger partial charge in [-0.05, 0) is 48.7 Å². The number of carbonyl (C=O) groups excluding carboxylic acids is 1. The Bertz CT molecular complexity index is 629. The molecule has 0 fully saturated rings. The molecular weight excluding hydrogens is 274 g/mol. The van der Waals surface area contributed by atoms with Crippen LogP contribution in [0.1, 0.15) is 25.5 Å². The van der Waals surface area contributed by atoms with Crippen molar-refractivity contribution >= 4 is 5.91 Å². The standard InChI is InChI=1S/C19H21NO2/c1-4-19(21)20-14(3)15-6-8-16(9-7-15)17-10-12-18(13-11-17)22-5-2/h4,6-14H,1,5H2,2-3H3,(H,20,21). The first-order valence-corrected chi connectivity index (χ1v) is 7.40. The first kappa shape index (κ1) is 15.8. The molecule has 0 aromatic heterocycles. The van der Waals surface area contributed by atoms with Crippen LogP contribution in [0.4, 0.5) is 0 Å². The van der Waals surface area contributed by atoms with Crippen molar-refractivity contribution in [2.75, 3.05) is 6.61 Å². The molecule has 22 heavy (non-hydrogen) atoms. The minimum Gasteiger partial charge on any atom is -0.494 e. The zero-order valence-corrected chi connectivity index (χ0v) is 13.0. The van der Waals surface area contributed by atoms with E-state index in [0.717, 1.165) is 22.4 Å². The van der Waals surface area contributed by atoms with E-state index in [-0.39, 0.29) is 11.9 Å². The maximum absolute atomic E-state index is 11.3. The van der Waals surface area contributed by atoms with Crippen LogP contribution in [0, 0.1) is 0 Å². The van der Waals surface area contributed by atoms with Gasteiger partial charge in [0.2, 0.25) is 5.91 Å². The zero-order chi connectivity index (χ0) is 15.9. The third-order valence-electron chi connectivity index (χ3n) is 3.45. The molecule has 0 saturated carbocycles. The number of benzene rings is 2. The molecule has 0 bridgehead atoms. The highest BCUT2D eigenvalue weighted by Crippen LogP contribution is 2.24. The Balaban J connectivity index is 2.11. The van der Waals surface area contributed by atoms with Gasteiger partial charge in [0.05, 0.1) is 12.6 Å². The van der Waals surface area contributed by atoms with Crippen LogP contribution in [0.15, 0.2) is 61.2 Å². The van der Waals surface area contributed by atoms with Gasteiger partial charge in [-0.3, -0.25) is 4.79 Å². The van der Waals surface area contributed by atoms with E-state index in [0.29, 0.717) is 6.61 Å². The summed E-state index contributed by atoms with van der Waals surface area (Å²) in [6, 6.07) is 16.2. The van der Waals surface area contributed by atoms with Gasteiger partial charge in [0.25, 0.3) is 0 Å². The highest BCUT2D eigenvalue weighted by Gasteiger charge is 2.07. The summed E-state index contributed by atoms with van der Waals surface area (Å²) in [4.78, 5) is 11.3. The van der Waals surface area contributed by atoms with Crippen LogP contribution in [-0.2, 0) is 4.79 Å². The maximum Gasteiger partial charge on any atom is 0.243 e. The smallest absolute Gasteiger partial charge is 0.243 e. The summed E-state index contributed by atoms with van der Waals surface area (Å²) in [5.41, 5.74) is 3.33. The summed E-state index contributed by atoms with van der Waals surface area (Å²) in [5.74, 6) is 0.715. The number of carbonyl (C=O) groups is 1. The van der Waals surface area contributed by atoms with Crippen molar-refractivity contribution < 1.29 is 9.53 Å². The van der Waals surface area contributed by atoms with Crippen molar-refractivity contribution in [2.45, 2.75) is 19.9 Å². The van der Waals surface area contributed by atoms with Gasteiger partial charge < -0.3 is 10.1 Å². The number of ether oxygens (including phenoxy) is 1. The molecule has 0 radical (unpaired) electrons. The van der Waals surface area contributed by atoms with Gasteiger partial charge in [0, 0.05) is 0 Å². The van der Waals surface area contributed by atoms with E-state index < -0.39 is 0 Å². The van der Waals surface area contributed by atoms with E-state index in [1.165, 1.54) is 6.08 Å². The molecule has 0 aliphatic heterocycles. The Morgan fingerprint density at radius 3 is 2.18 bits per heavy atom. The lowest BCUT2D eigenvalue weighted by Gasteiger charge is -2.13. The number of nitrogens with one attached hydrogen (secondary N) is 1. The molecule has 1 N–H and O–H groups in total. The molecule has 1 amide bonds. The summed E-state index contributed by atoms with van der Waals surface area (Å²) >= 11 is 0. The molecule has 3 nitrogen and oxygen atoms in total. The molecule has 0 heterocycles. The van der Waals surface area contributed by atoms with Crippen LogP contribution in [-0.4, -0.2) is 12.5 Å². The molecule has 2 aromatic carbocycles. The van der Waals surface area contributed by atoms with Crippen LogP contribution < -0.4 is 10.1 Å². The maximum atomic E-state index is 11.3. The third kappa shape index (κ3) is 3.98. The first-order valence-electron chi connectivity index (χ1n) is 7.40. The quantitative estimate of drug-likeness (QED) is 0.814. The molecule has 2 aromatic rings. The minimum absolute atomic E-state index is 0.0418. The average Bonchev–Trinajstić information content (AvgIpc) is 2.56. The topological polar surface area (TPSA) is 38.3 Å². The van der Waals surface area contributed by atoms with E-state index in [1.807, 2.05) is 50.2 Å². The van der Waals surface area contributed by atoms with Crippen LogP contribution >= 0.6 is 0 Å². The van der Waals surface area contributed by atoms with Crippen LogP contribution in [0.3, 0.4) is 0 Å². The predicted molar refractivity (Wildman–Crippen MR) is 89.8 cm³/mol. The Kier molecular flexibility index (Phi) is 5.37. The summed E-state index contributed by atoms with van der Waals surface area (Å²) in [5, 5.41) is 2.85. The molecule has 3 heteroatoms. The van der Waals surface area contributed by atoms with Crippen LogP contribution in [0.25, 0.3) is 11.1 Å². The van der Waals surface area contributed by atoms with E-state index >= 15 is 0 Å². The summed E-state index contributed by atoms with van der Waals surface area (Å²) < 4.78 is 5.45. The van der Waals surface area contributed by atoms with Crippen LogP contribution in [0.2, 0.25) is 0 Å². The molecule has 0 aliphatic rings. The van der Waals surface area contributed by atoms with E-state index in [2.05, 4.69) is 24.0 Å². The Hall–Kier alpha value is -2.55. The first-order chi connectivity index (χ1) is 10.6. The van der Waals surface area contributed by atoms with E-state index in [4.69, 9.17) is 4.74 Å². The van der Waals surface area contributed by atoms with Crippen molar-refractivity contribution in [2.24, 2.45) is 0 Å². The van der Waals surface area contributed by atoms with E-state index in [9.17, 15) is 4.79 Å². The highest BCUT2D eigenvalue weighted by molar-refractivity contribution is 5.87. The molecule has 2 rings (SSSR count). The summed E-state index contributed by atoms with van der Waals surface area (Å²) in [7, 11) is 0. The second-order valence-corrected chi connectivity index (χ2v) is 5.01. The molecule has 0 aliphatic carbocycles. The fraction of sp³-hybridized carbons (Fsp3) is 0.211. The minimum atomic E-state index is -0.164. The number of rotatable bonds is 6. The van der Waals surface area contributed by atoms with Crippen molar-refractivity contribution in [3.63, 3.8) is 0 Å². The average molecular weight is 295 g/mol. The van der Waals surface area contributed by atoms with Crippen molar-refractivity contribution in [1.82, 2.24) is 5.32 Å². The fourth-order valence-corrected chi connectivity index (χ4v) is 2.23. The Labute approximate surface area is 131 Å². The van der Waals surface area contributed by atoms with Gasteiger partial charge in [-0.15, -0.1) is 0 Å². The molecule has 114 valence electrons. The number of hydrogen-bond donors (Lipinski definition) is 1. The van der Waals surface area contributed by atoms with Gasteiger partial charge in [-0.25, -0.2) is 0 Å². The molecule has 0 saturated heterocycles. The summed E-state index contributed by atoms with van der Waals surface area (Å²) in [6.07, 6.45) is 1.28. The molecule has 1 atom stereocenters. The van der Waals surface area contributed by atoms with Gasteiger partial charge in [0.15, 0.2) is 0 Å². The molecule has 0 spiro atoms. The fourth-order valence-electron chi connectivity index (χ4n) is 2.23. The molecule has 1 unspecified atom stereocenters. The largest absolute Gasteiger partial charge is 0.494 e. The monoisotopic (exact) mass is 295 g/mol. The predicted octanol–water partition coefficient (Wildman–Crippen LogP) is 4.12. The van der Waals surface area contributed by atoms with Crippen LogP contribution in [0.5, 0.6) is 5.75 Å². The number of hydrogen-bond acceptors (Lipinski definition) is 2. The second kappa shape index (κ2) is 7.46. The van der Waals surface area contributed by atoms with Crippen molar-refractivity contribution in [3.05, 3.63) is 66.7 Å². The van der Waals surface area contributed by atoms with Gasteiger partial charge in [-0.2, -0.15) is 0 Å². The third-order valence-corrected chi connectivity index (χ3v) is 3.45. The molecular formula is C19H21NO2. The SMILES string of the molecule is C=CC(=O)NC(C)c1ccc(-c2ccc(OCC)cc2)cc1. The Morgan fingerprint density at radius 2 is 1.68 bits per heavy atom. The number of amides is 1. The summed E-state index contributed by atoms with van der Waals surface area (Å²) in [6.45, 7) is 8.05. The normalized spacial score (nSPS) is 11.5. The van der Waals surface area contributed by atoms with Gasteiger partial charge in [-0.1, -0.05) is 43.0 Å². The lowest BCUT2D eigenvalue weighted by molar-refractivity contribution is -0.117. The lowest BCUT2D eigenvalue weighted by Crippen LogP contribution is -2.24. The Morgan fingerprint density at radius 1 is 1.14 bits per heavy atom.